The number of aryl methyl sites for hydroxylation is 1. The van der Waals surface area contributed by atoms with Crippen LogP contribution in [0.2, 0.25) is 0 Å². The van der Waals surface area contributed by atoms with Gasteiger partial charge in [0.15, 0.2) is 0 Å². The van der Waals surface area contributed by atoms with Crippen LogP contribution in [0.4, 0.5) is 0 Å². The van der Waals surface area contributed by atoms with Crippen LogP contribution in [0.1, 0.15) is 27.9 Å². The average molecular weight is 202 g/mol. The van der Waals surface area contributed by atoms with Gasteiger partial charge in [-0.05, 0) is 18.6 Å². The van der Waals surface area contributed by atoms with Gasteiger partial charge >= 0.3 is 5.97 Å². The number of benzene rings is 1. The summed E-state index contributed by atoms with van der Waals surface area (Å²) in [6.45, 7) is 1.72. The number of hydrogen-bond donors (Lipinski definition) is 1. The predicted octanol–water partition coefficient (Wildman–Crippen LogP) is 1.63. The van der Waals surface area contributed by atoms with Crippen LogP contribution in [-0.2, 0) is 4.79 Å². The zero-order valence-electron chi connectivity index (χ0n) is 8.28. The molecule has 76 valence electrons. The molecule has 0 amide bonds. The van der Waals surface area contributed by atoms with E-state index in [1.165, 1.54) is 0 Å². The summed E-state index contributed by atoms with van der Waals surface area (Å²) >= 11 is 0. The molecule has 1 aromatic carbocycles. The second-order valence-corrected chi connectivity index (χ2v) is 2.98. The predicted molar refractivity (Wildman–Crippen MR) is 55.7 cm³/mol. The van der Waals surface area contributed by atoms with Crippen molar-refractivity contribution in [3.05, 3.63) is 34.9 Å². The first-order valence-corrected chi connectivity index (χ1v) is 4.42. The molecule has 0 bridgehead atoms. The fraction of sp³-hybridized carbons (Fsp3) is 0.167. The Balaban J connectivity index is 3.19. The molecule has 0 aromatic heterocycles. The normalized spacial score (nSPS) is 8.87. The molecule has 1 N–H and O–H groups in total. The Morgan fingerprint density at radius 3 is 2.87 bits per heavy atom. The third-order valence-corrected chi connectivity index (χ3v) is 1.90. The zero-order chi connectivity index (χ0) is 11.3. The van der Waals surface area contributed by atoms with E-state index in [2.05, 4.69) is 11.8 Å². The highest BCUT2D eigenvalue weighted by Crippen LogP contribution is 2.12. The van der Waals surface area contributed by atoms with Crippen molar-refractivity contribution < 1.29 is 14.7 Å². The van der Waals surface area contributed by atoms with Crippen LogP contribution in [0.15, 0.2) is 18.2 Å². The number of hydrogen-bond acceptors (Lipinski definition) is 2. The smallest absolute Gasteiger partial charge is 0.337 e. The van der Waals surface area contributed by atoms with Crippen molar-refractivity contribution in [3.8, 4) is 11.8 Å². The van der Waals surface area contributed by atoms with E-state index in [0.29, 0.717) is 17.4 Å². The molecular weight excluding hydrogens is 192 g/mol. The van der Waals surface area contributed by atoms with Gasteiger partial charge in [-0.15, -0.1) is 0 Å². The van der Waals surface area contributed by atoms with Crippen LogP contribution >= 0.6 is 0 Å². The summed E-state index contributed by atoms with van der Waals surface area (Å²) in [5, 5.41) is 8.97. The van der Waals surface area contributed by atoms with Gasteiger partial charge in [-0.3, -0.25) is 0 Å². The first kappa shape index (κ1) is 11.0. The molecule has 0 aliphatic heterocycles. The first-order valence-electron chi connectivity index (χ1n) is 4.42. The molecule has 0 spiro atoms. The largest absolute Gasteiger partial charge is 0.478 e. The molecule has 1 rings (SSSR count). The summed E-state index contributed by atoms with van der Waals surface area (Å²) in [6.07, 6.45) is 0.802. The Morgan fingerprint density at radius 2 is 2.27 bits per heavy atom. The Kier molecular flexibility index (Phi) is 3.64. The number of rotatable bonds is 2. The quantitative estimate of drug-likeness (QED) is 0.585. The third-order valence-electron chi connectivity index (χ3n) is 1.90. The molecule has 0 atom stereocenters. The van der Waals surface area contributed by atoms with Crippen molar-refractivity contribution in [3.63, 3.8) is 0 Å². The lowest BCUT2D eigenvalue weighted by Crippen LogP contribution is -2.02. The number of carboxylic acid groups (broad SMARTS) is 1. The molecule has 0 saturated carbocycles. The average Bonchev–Trinajstić information content (AvgIpc) is 2.17. The first-order chi connectivity index (χ1) is 7.16. The molecule has 1 aromatic rings. The Bertz CT molecular complexity index is 450. The molecule has 0 fully saturated rings. The number of carbonyl (C=O) groups is 2. The molecule has 3 heteroatoms. The maximum atomic E-state index is 10.9. The Hall–Kier alpha value is -2.08. The lowest BCUT2D eigenvalue weighted by atomic mass is 10.0. The van der Waals surface area contributed by atoms with Crippen LogP contribution in [0.3, 0.4) is 0 Å². The lowest BCUT2D eigenvalue weighted by Gasteiger charge is -2.02. The van der Waals surface area contributed by atoms with Crippen molar-refractivity contribution in [2.45, 2.75) is 13.3 Å². The second kappa shape index (κ2) is 4.97. The third kappa shape index (κ3) is 2.68. The van der Waals surface area contributed by atoms with Crippen LogP contribution in [0.25, 0.3) is 0 Å². The van der Waals surface area contributed by atoms with Crippen LogP contribution in [0.5, 0.6) is 0 Å². The minimum atomic E-state index is -0.997. The molecular formula is C12H10O3. The van der Waals surface area contributed by atoms with Crippen LogP contribution in [-0.4, -0.2) is 17.4 Å². The summed E-state index contributed by atoms with van der Waals surface area (Å²) < 4.78 is 0. The summed E-state index contributed by atoms with van der Waals surface area (Å²) in [7, 11) is 0. The summed E-state index contributed by atoms with van der Waals surface area (Å²) in [4.78, 5) is 21.0. The Morgan fingerprint density at radius 1 is 1.53 bits per heavy atom. The standard InChI is InChI=1S/C12H10O3/c1-9-5-4-7-10(6-2-3-8-13)11(9)12(14)15/h4-5,7-8H,3H2,1H3,(H,14,15). The molecule has 0 radical (unpaired) electrons. The molecule has 0 unspecified atom stereocenters. The topological polar surface area (TPSA) is 54.4 Å². The van der Waals surface area contributed by atoms with Crippen LogP contribution in [0, 0.1) is 18.8 Å². The monoisotopic (exact) mass is 202 g/mol. The van der Waals surface area contributed by atoms with Crippen molar-refractivity contribution in [2.75, 3.05) is 0 Å². The lowest BCUT2D eigenvalue weighted by molar-refractivity contribution is -0.107. The van der Waals surface area contributed by atoms with Crippen molar-refractivity contribution in [1.29, 1.82) is 0 Å². The van der Waals surface area contributed by atoms with Gasteiger partial charge in [-0.25, -0.2) is 4.79 Å². The number of carboxylic acids is 1. The van der Waals surface area contributed by atoms with Gasteiger partial charge in [0, 0.05) is 5.56 Å². The van der Waals surface area contributed by atoms with Gasteiger partial charge in [-0.1, -0.05) is 24.0 Å². The molecule has 0 aliphatic rings. The molecule has 0 aliphatic carbocycles. The molecule has 15 heavy (non-hydrogen) atoms. The van der Waals surface area contributed by atoms with Gasteiger partial charge in [0.25, 0.3) is 0 Å². The van der Waals surface area contributed by atoms with Gasteiger partial charge in [0.05, 0.1) is 12.0 Å². The van der Waals surface area contributed by atoms with E-state index in [1.54, 1.807) is 25.1 Å². The van der Waals surface area contributed by atoms with E-state index in [9.17, 15) is 9.59 Å². The minimum absolute atomic E-state index is 0.118. The molecule has 3 nitrogen and oxygen atoms in total. The summed E-state index contributed by atoms with van der Waals surface area (Å²) in [5.74, 6) is 4.27. The van der Waals surface area contributed by atoms with E-state index in [0.717, 1.165) is 0 Å². The number of aromatic carboxylic acids is 1. The van der Waals surface area contributed by atoms with E-state index in [1.807, 2.05) is 0 Å². The van der Waals surface area contributed by atoms with Gasteiger partial charge in [0.2, 0.25) is 0 Å². The van der Waals surface area contributed by atoms with E-state index >= 15 is 0 Å². The fourth-order valence-electron chi connectivity index (χ4n) is 1.24. The van der Waals surface area contributed by atoms with E-state index in [4.69, 9.17) is 5.11 Å². The van der Waals surface area contributed by atoms with Gasteiger partial charge < -0.3 is 9.90 Å². The van der Waals surface area contributed by atoms with E-state index < -0.39 is 5.97 Å². The fourth-order valence-corrected chi connectivity index (χ4v) is 1.24. The maximum absolute atomic E-state index is 10.9. The van der Waals surface area contributed by atoms with Crippen molar-refractivity contribution in [1.82, 2.24) is 0 Å². The Labute approximate surface area is 87.7 Å². The SMILES string of the molecule is Cc1cccc(C#CCC=O)c1C(=O)O. The van der Waals surface area contributed by atoms with Crippen molar-refractivity contribution in [2.24, 2.45) is 0 Å². The second-order valence-electron chi connectivity index (χ2n) is 2.98. The van der Waals surface area contributed by atoms with E-state index in [-0.39, 0.29) is 12.0 Å². The maximum Gasteiger partial charge on any atom is 0.337 e. The summed E-state index contributed by atoms with van der Waals surface area (Å²) in [6, 6.07) is 5.09. The molecule has 0 heterocycles. The minimum Gasteiger partial charge on any atom is -0.478 e. The summed E-state index contributed by atoms with van der Waals surface area (Å²) in [5.41, 5.74) is 1.32. The van der Waals surface area contributed by atoms with Gasteiger partial charge in [-0.2, -0.15) is 0 Å². The van der Waals surface area contributed by atoms with Crippen LogP contribution < -0.4 is 0 Å². The highest BCUT2D eigenvalue weighted by molar-refractivity contribution is 5.92. The number of carbonyl (C=O) groups excluding carboxylic acids is 1. The van der Waals surface area contributed by atoms with Crippen molar-refractivity contribution >= 4 is 12.3 Å². The molecule has 0 saturated heterocycles. The highest BCUT2D eigenvalue weighted by Gasteiger charge is 2.10. The highest BCUT2D eigenvalue weighted by atomic mass is 16.4. The zero-order valence-corrected chi connectivity index (χ0v) is 8.28. The van der Waals surface area contributed by atoms with Gasteiger partial charge in [0.1, 0.15) is 6.29 Å². The number of aldehydes is 1.